The Labute approximate surface area is 185 Å². The summed E-state index contributed by atoms with van der Waals surface area (Å²) in [5.41, 5.74) is 7.76. The summed E-state index contributed by atoms with van der Waals surface area (Å²) in [6.45, 7) is 2.14. The molecule has 1 aliphatic carbocycles. The molecule has 0 amide bonds. The molecular formula is C30H29N. The molecule has 1 aliphatic rings. The standard InChI is InChI=1S/C30H29N/c1-23-14-18-27(19-15-23)31(30-13-7-11-26-10-5-6-12-29(26)30)28-20-16-25(17-21-28)22-24-8-3-2-4-9-24/h5-7,10-22H,2-4,8-9H2,1H3. The monoisotopic (exact) mass is 403 g/mol. The topological polar surface area (TPSA) is 3.24 Å². The maximum atomic E-state index is 2.40. The third-order valence-electron chi connectivity index (χ3n) is 6.32. The fraction of sp³-hybridized carbons (Fsp3) is 0.200. The lowest BCUT2D eigenvalue weighted by atomic mass is 9.93. The summed E-state index contributed by atoms with van der Waals surface area (Å²) >= 11 is 0. The van der Waals surface area contributed by atoms with Crippen molar-refractivity contribution in [1.29, 1.82) is 0 Å². The van der Waals surface area contributed by atoms with Crippen LogP contribution >= 0.6 is 0 Å². The molecule has 0 N–H and O–H groups in total. The maximum Gasteiger partial charge on any atom is 0.0540 e. The van der Waals surface area contributed by atoms with Crippen LogP contribution in [0.3, 0.4) is 0 Å². The number of rotatable bonds is 4. The minimum absolute atomic E-state index is 1.18. The van der Waals surface area contributed by atoms with Crippen LogP contribution in [-0.2, 0) is 0 Å². The zero-order chi connectivity index (χ0) is 21.0. The van der Waals surface area contributed by atoms with Gasteiger partial charge in [-0.15, -0.1) is 0 Å². The Bertz CT molecular complexity index is 1190. The molecule has 154 valence electrons. The average molecular weight is 404 g/mol. The summed E-state index contributed by atoms with van der Waals surface area (Å²) in [5, 5.41) is 2.52. The first kappa shape index (κ1) is 19.6. The largest absolute Gasteiger partial charge is 0.310 e. The van der Waals surface area contributed by atoms with Gasteiger partial charge in [0, 0.05) is 16.8 Å². The van der Waals surface area contributed by atoms with Crippen molar-refractivity contribution in [2.24, 2.45) is 0 Å². The quantitative estimate of drug-likeness (QED) is 0.328. The molecule has 0 aliphatic heterocycles. The van der Waals surface area contributed by atoms with Gasteiger partial charge >= 0.3 is 0 Å². The van der Waals surface area contributed by atoms with E-state index in [4.69, 9.17) is 0 Å². The zero-order valence-corrected chi connectivity index (χ0v) is 18.2. The average Bonchev–Trinajstić information content (AvgIpc) is 2.82. The molecule has 0 atom stereocenters. The summed E-state index contributed by atoms with van der Waals surface area (Å²) in [4.78, 5) is 2.37. The Balaban J connectivity index is 1.58. The highest BCUT2D eigenvalue weighted by atomic mass is 15.1. The lowest BCUT2D eigenvalue weighted by molar-refractivity contribution is 0.602. The number of anilines is 3. The molecule has 0 unspecified atom stereocenters. The van der Waals surface area contributed by atoms with Crippen molar-refractivity contribution in [2.45, 2.75) is 39.0 Å². The van der Waals surface area contributed by atoms with E-state index in [1.54, 1.807) is 5.57 Å². The molecule has 0 saturated heterocycles. The highest BCUT2D eigenvalue weighted by Crippen LogP contribution is 2.39. The molecule has 4 aromatic rings. The molecule has 1 heteroatoms. The van der Waals surface area contributed by atoms with Gasteiger partial charge in [0.15, 0.2) is 0 Å². The Hall–Kier alpha value is -3.32. The van der Waals surface area contributed by atoms with Crippen LogP contribution in [0.25, 0.3) is 16.8 Å². The van der Waals surface area contributed by atoms with Crippen molar-refractivity contribution in [1.82, 2.24) is 0 Å². The van der Waals surface area contributed by atoms with E-state index in [0.717, 1.165) is 0 Å². The van der Waals surface area contributed by atoms with Crippen molar-refractivity contribution in [3.8, 4) is 0 Å². The van der Waals surface area contributed by atoms with E-state index in [9.17, 15) is 0 Å². The lowest BCUT2D eigenvalue weighted by Crippen LogP contribution is -2.10. The second kappa shape index (κ2) is 8.81. The molecular weight excluding hydrogens is 374 g/mol. The van der Waals surface area contributed by atoms with E-state index in [2.05, 4.69) is 109 Å². The first-order chi connectivity index (χ1) is 15.3. The van der Waals surface area contributed by atoms with Crippen molar-refractivity contribution in [3.63, 3.8) is 0 Å². The molecule has 0 bridgehead atoms. The second-order valence-corrected chi connectivity index (χ2v) is 8.62. The van der Waals surface area contributed by atoms with E-state index in [1.807, 2.05) is 0 Å². The van der Waals surface area contributed by atoms with E-state index < -0.39 is 0 Å². The fourth-order valence-electron chi connectivity index (χ4n) is 4.63. The summed E-state index contributed by atoms with van der Waals surface area (Å²) < 4.78 is 0. The van der Waals surface area contributed by atoms with Gasteiger partial charge in [0.1, 0.15) is 0 Å². The first-order valence-electron chi connectivity index (χ1n) is 11.4. The smallest absolute Gasteiger partial charge is 0.0540 e. The van der Waals surface area contributed by atoms with Crippen molar-refractivity contribution < 1.29 is 0 Å². The van der Waals surface area contributed by atoms with Crippen LogP contribution in [0.15, 0.2) is 96.6 Å². The molecule has 4 aromatic carbocycles. The Morgan fingerprint density at radius 1 is 0.645 bits per heavy atom. The molecule has 1 fully saturated rings. The third-order valence-corrected chi connectivity index (χ3v) is 6.32. The van der Waals surface area contributed by atoms with Gasteiger partial charge in [0.2, 0.25) is 0 Å². The van der Waals surface area contributed by atoms with Gasteiger partial charge in [-0.2, -0.15) is 0 Å². The highest BCUT2D eigenvalue weighted by molar-refractivity contribution is 5.98. The van der Waals surface area contributed by atoms with Crippen LogP contribution in [0.2, 0.25) is 0 Å². The number of hydrogen-bond donors (Lipinski definition) is 0. The number of allylic oxidation sites excluding steroid dienone is 1. The number of nitrogens with zero attached hydrogens (tertiary/aromatic N) is 1. The van der Waals surface area contributed by atoms with Gasteiger partial charge in [-0.05, 0) is 73.9 Å². The second-order valence-electron chi connectivity index (χ2n) is 8.62. The van der Waals surface area contributed by atoms with E-state index in [0.29, 0.717) is 0 Å². The fourth-order valence-corrected chi connectivity index (χ4v) is 4.63. The van der Waals surface area contributed by atoms with Crippen molar-refractivity contribution in [2.75, 3.05) is 4.90 Å². The van der Waals surface area contributed by atoms with Gasteiger partial charge in [0.25, 0.3) is 0 Å². The summed E-state index contributed by atoms with van der Waals surface area (Å²) in [6, 6.07) is 33.1. The van der Waals surface area contributed by atoms with E-state index in [-0.39, 0.29) is 0 Å². The molecule has 31 heavy (non-hydrogen) atoms. The van der Waals surface area contributed by atoms with Gasteiger partial charge < -0.3 is 4.90 Å². The molecule has 0 spiro atoms. The summed E-state index contributed by atoms with van der Waals surface area (Å²) in [5.74, 6) is 0. The molecule has 0 heterocycles. The molecule has 0 radical (unpaired) electrons. The summed E-state index contributed by atoms with van der Waals surface area (Å²) in [7, 11) is 0. The van der Waals surface area contributed by atoms with Crippen LogP contribution in [-0.4, -0.2) is 0 Å². The molecule has 1 saturated carbocycles. The Morgan fingerprint density at radius 3 is 2.03 bits per heavy atom. The van der Waals surface area contributed by atoms with Crippen LogP contribution in [0.4, 0.5) is 17.1 Å². The van der Waals surface area contributed by atoms with Gasteiger partial charge in [-0.3, -0.25) is 0 Å². The maximum absolute atomic E-state index is 2.40. The number of benzene rings is 4. The predicted octanol–water partition coefficient (Wildman–Crippen LogP) is 8.97. The summed E-state index contributed by atoms with van der Waals surface area (Å²) in [6.07, 6.45) is 8.97. The minimum Gasteiger partial charge on any atom is -0.310 e. The van der Waals surface area contributed by atoms with Crippen LogP contribution < -0.4 is 4.90 Å². The normalized spacial score (nSPS) is 13.9. The number of aryl methyl sites for hydroxylation is 1. The van der Waals surface area contributed by atoms with Gasteiger partial charge in [0.05, 0.1) is 5.69 Å². The predicted molar refractivity (Wildman–Crippen MR) is 134 cm³/mol. The van der Waals surface area contributed by atoms with Gasteiger partial charge in [-0.25, -0.2) is 0 Å². The van der Waals surface area contributed by atoms with E-state index in [1.165, 1.54) is 71.1 Å². The number of hydrogen-bond acceptors (Lipinski definition) is 1. The molecule has 5 rings (SSSR count). The zero-order valence-electron chi connectivity index (χ0n) is 18.2. The minimum atomic E-state index is 1.18. The van der Waals surface area contributed by atoms with Gasteiger partial charge in [-0.1, -0.05) is 84.3 Å². The SMILES string of the molecule is Cc1ccc(N(c2ccc(C=C3CCCCC3)cc2)c2cccc3ccccc23)cc1. The Kier molecular flexibility index (Phi) is 5.58. The van der Waals surface area contributed by atoms with E-state index >= 15 is 0 Å². The first-order valence-corrected chi connectivity index (χ1v) is 11.4. The van der Waals surface area contributed by atoms with Crippen molar-refractivity contribution in [3.05, 3.63) is 108 Å². The Morgan fingerprint density at radius 2 is 1.29 bits per heavy atom. The third kappa shape index (κ3) is 4.27. The van der Waals surface area contributed by atoms with Crippen molar-refractivity contribution >= 4 is 33.9 Å². The highest BCUT2D eigenvalue weighted by Gasteiger charge is 2.15. The number of fused-ring (bicyclic) bond motifs is 1. The molecule has 1 nitrogen and oxygen atoms in total. The lowest BCUT2D eigenvalue weighted by Gasteiger charge is -2.27. The van der Waals surface area contributed by atoms with Crippen LogP contribution in [0.5, 0.6) is 0 Å². The van der Waals surface area contributed by atoms with Crippen LogP contribution in [0.1, 0.15) is 43.2 Å². The van der Waals surface area contributed by atoms with Crippen LogP contribution in [0, 0.1) is 6.92 Å². The molecule has 0 aromatic heterocycles.